The van der Waals surface area contributed by atoms with Crippen molar-refractivity contribution < 1.29 is 13.2 Å². The first kappa shape index (κ1) is 15.5. The number of ether oxygens (including phenoxy) is 1. The molecule has 2 aromatic rings. The first-order valence-electron chi connectivity index (χ1n) is 6.53. The van der Waals surface area contributed by atoms with Crippen LogP contribution < -0.4 is 10.5 Å². The van der Waals surface area contributed by atoms with Crippen LogP contribution in [0.5, 0.6) is 11.6 Å². The minimum atomic E-state index is -3.26. The standard InChI is InChI=1S/C15H18N2O3S/c1-11-8-12(6-7-16)10-17-15(11)20-13-4-3-5-14(9-13)21(2,18)19/h3-5,8-10H,6-7,16H2,1-2H3. The summed E-state index contributed by atoms with van der Waals surface area (Å²) in [5.41, 5.74) is 7.44. The minimum Gasteiger partial charge on any atom is -0.439 e. The Labute approximate surface area is 124 Å². The van der Waals surface area contributed by atoms with Gasteiger partial charge in [-0.15, -0.1) is 0 Å². The lowest BCUT2D eigenvalue weighted by Gasteiger charge is -2.09. The normalized spacial score (nSPS) is 11.4. The first-order chi connectivity index (χ1) is 9.90. The second-order valence-electron chi connectivity index (χ2n) is 4.85. The van der Waals surface area contributed by atoms with E-state index in [4.69, 9.17) is 10.5 Å². The number of nitrogens with zero attached hydrogens (tertiary/aromatic N) is 1. The fourth-order valence-electron chi connectivity index (χ4n) is 1.91. The fraction of sp³-hybridized carbons (Fsp3) is 0.267. The van der Waals surface area contributed by atoms with E-state index in [1.165, 1.54) is 12.1 Å². The molecule has 2 N–H and O–H groups in total. The molecule has 21 heavy (non-hydrogen) atoms. The highest BCUT2D eigenvalue weighted by Crippen LogP contribution is 2.25. The van der Waals surface area contributed by atoms with Crippen molar-refractivity contribution in [3.63, 3.8) is 0 Å². The molecule has 6 heteroatoms. The SMILES string of the molecule is Cc1cc(CCN)cnc1Oc1cccc(S(C)(=O)=O)c1. The summed E-state index contributed by atoms with van der Waals surface area (Å²) in [5.74, 6) is 0.904. The Hall–Kier alpha value is -1.92. The molecule has 0 spiro atoms. The van der Waals surface area contributed by atoms with Crippen molar-refractivity contribution in [2.75, 3.05) is 12.8 Å². The van der Waals surface area contributed by atoms with Gasteiger partial charge in [0.2, 0.25) is 5.88 Å². The van der Waals surface area contributed by atoms with E-state index in [0.29, 0.717) is 18.2 Å². The van der Waals surface area contributed by atoms with Gasteiger partial charge in [-0.2, -0.15) is 0 Å². The Bertz CT molecular complexity index is 742. The maximum absolute atomic E-state index is 11.5. The number of aromatic nitrogens is 1. The molecule has 0 fully saturated rings. The van der Waals surface area contributed by atoms with Crippen molar-refractivity contribution in [2.24, 2.45) is 5.73 Å². The van der Waals surface area contributed by atoms with Crippen LogP contribution in [0.1, 0.15) is 11.1 Å². The second-order valence-corrected chi connectivity index (χ2v) is 6.87. The van der Waals surface area contributed by atoms with Crippen molar-refractivity contribution in [1.29, 1.82) is 0 Å². The van der Waals surface area contributed by atoms with Crippen LogP contribution in [-0.4, -0.2) is 26.2 Å². The highest BCUT2D eigenvalue weighted by atomic mass is 32.2. The Morgan fingerprint density at radius 3 is 2.67 bits per heavy atom. The third-order valence-corrected chi connectivity index (χ3v) is 4.08. The number of aryl methyl sites for hydroxylation is 1. The molecule has 0 saturated carbocycles. The van der Waals surface area contributed by atoms with E-state index in [1.54, 1.807) is 18.3 Å². The number of hydrogen-bond donors (Lipinski definition) is 1. The van der Waals surface area contributed by atoms with E-state index < -0.39 is 9.84 Å². The number of sulfone groups is 1. The smallest absolute Gasteiger partial charge is 0.222 e. The summed E-state index contributed by atoms with van der Waals surface area (Å²) in [6, 6.07) is 8.33. The van der Waals surface area contributed by atoms with E-state index in [-0.39, 0.29) is 4.90 Å². The average Bonchev–Trinajstić information content (AvgIpc) is 2.42. The number of benzene rings is 1. The van der Waals surface area contributed by atoms with E-state index in [9.17, 15) is 8.42 Å². The molecule has 1 heterocycles. The summed E-state index contributed by atoms with van der Waals surface area (Å²) >= 11 is 0. The Morgan fingerprint density at radius 2 is 2.05 bits per heavy atom. The zero-order valence-electron chi connectivity index (χ0n) is 12.0. The molecule has 0 saturated heterocycles. The predicted octanol–water partition coefficient (Wildman–Crippen LogP) is 2.09. The lowest BCUT2D eigenvalue weighted by atomic mass is 10.1. The average molecular weight is 306 g/mol. The van der Waals surface area contributed by atoms with Crippen molar-refractivity contribution in [1.82, 2.24) is 4.98 Å². The van der Waals surface area contributed by atoms with E-state index in [1.807, 2.05) is 13.0 Å². The first-order valence-corrected chi connectivity index (χ1v) is 8.43. The molecule has 0 amide bonds. The molecule has 2 rings (SSSR count). The molecule has 0 bridgehead atoms. The van der Waals surface area contributed by atoms with E-state index >= 15 is 0 Å². The van der Waals surface area contributed by atoms with Gasteiger partial charge < -0.3 is 10.5 Å². The molecule has 0 atom stereocenters. The van der Waals surface area contributed by atoms with Gasteiger partial charge in [0.1, 0.15) is 5.75 Å². The monoisotopic (exact) mass is 306 g/mol. The maximum Gasteiger partial charge on any atom is 0.222 e. The summed E-state index contributed by atoms with van der Waals surface area (Å²) in [7, 11) is -3.26. The molecule has 112 valence electrons. The third kappa shape index (κ3) is 4.03. The zero-order valence-corrected chi connectivity index (χ0v) is 12.9. The summed E-state index contributed by atoms with van der Waals surface area (Å²) in [6.07, 6.45) is 3.64. The minimum absolute atomic E-state index is 0.220. The molecular weight excluding hydrogens is 288 g/mol. The predicted molar refractivity (Wildman–Crippen MR) is 81.4 cm³/mol. The fourth-order valence-corrected chi connectivity index (χ4v) is 2.57. The van der Waals surface area contributed by atoms with E-state index in [0.717, 1.165) is 23.8 Å². The summed E-state index contributed by atoms with van der Waals surface area (Å²) in [4.78, 5) is 4.48. The zero-order chi connectivity index (χ0) is 15.5. The van der Waals surface area contributed by atoms with Gasteiger partial charge in [-0.1, -0.05) is 6.07 Å². The Morgan fingerprint density at radius 1 is 1.29 bits per heavy atom. The lowest BCUT2D eigenvalue weighted by molar-refractivity contribution is 0.457. The van der Waals surface area contributed by atoms with Crippen molar-refractivity contribution in [3.05, 3.63) is 47.7 Å². The van der Waals surface area contributed by atoms with E-state index in [2.05, 4.69) is 4.98 Å². The van der Waals surface area contributed by atoms with Crippen LogP contribution in [-0.2, 0) is 16.3 Å². The van der Waals surface area contributed by atoms with Crippen molar-refractivity contribution in [2.45, 2.75) is 18.2 Å². The van der Waals surface area contributed by atoms with Crippen LogP contribution in [0.2, 0.25) is 0 Å². The molecule has 0 unspecified atom stereocenters. The maximum atomic E-state index is 11.5. The van der Waals surface area contributed by atoms with Crippen molar-refractivity contribution in [3.8, 4) is 11.6 Å². The molecule has 0 aliphatic heterocycles. The summed E-state index contributed by atoms with van der Waals surface area (Å²) in [5, 5.41) is 0. The van der Waals surface area contributed by atoms with Gasteiger partial charge in [0.25, 0.3) is 0 Å². The highest BCUT2D eigenvalue weighted by molar-refractivity contribution is 7.90. The van der Waals surface area contributed by atoms with Gasteiger partial charge >= 0.3 is 0 Å². The summed E-state index contributed by atoms with van der Waals surface area (Å²) in [6.45, 7) is 2.46. The summed E-state index contributed by atoms with van der Waals surface area (Å²) < 4.78 is 28.7. The molecule has 0 aliphatic carbocycles. The number of nitrogens with two attached hydrogens (primary N) is 1. The molecule has 5 nitrogen and oxygen atoms in total. The number of hydrogen-bond acceptors (Lipinski definition) is 5. The van der Waals surface area contributed by atoms with Gasteiger partial charge in [-0.25, -0.2) is 13.4 Å². The van der Waals surface area contributed by atoms with Crippen LogP contribution in [0.25, 0.3) is 0 Å². The topological polar surface area (TPSA) is 82.3 Å². The van der Waals surface area contributed by atoms with Gasteiger partial charge in [-0.05, 0) is 49.7 Å². The van der Waals surface area contributed by atoms with Crippen molar-refractivity contribution >= 4 is 9.84 Å². The van der Waals surface area contributed by atoms with Gasteiger partial charge in [-0.3, -0.25) is 0 Å². The number of rotatable bonds is 5. The second kappa shape index (κ2) is 6.24. The van der Waals surface area contributed by atoms with Gasteiger partial charge in [0.15, 0.2) is 9.84 Å². The molecule has 0 aliphatic rings. The third-order valence-electron chi connectivity index (χ3n) is 2.97. The Kier molecular flexibility index (Phi) is 4.59. The quantitative estimate of drug-likeness (QED) is 0.914. The molecule has 0 radical (unpaired) electrons. The molecular formula is C15H18N2O3S. The molecule has 1 aromatic carbocycles. The van der Waals surface area contributed by atoms with Gasteiger partial charge in [0, 0.05) is 18.0 Å². The molecule has 1 aromatic heterocycles. The Balaban J connectivity index is 2.26. The van der Waals surface area contributed by atoms with Crippen LogP contribution in [0.15, 0.2) is 41.4 Å². The number of pyridine rings is 1. The largest absolute Gasteiger partial charge is 0.439 e. The van der Waals surface area contributed by atoms with Crippen LogP contribution >= 0.6 is 0 Å². The van der Waals surface area contributed by atoms with Crippen LogP contribution in [0, 0.1) is 6.92 Å². The lowest BCUT2D eigenvalue weighted by Crippen LogP contribution is -2.04. The van der Waals surface area contributed by atoms with Crippen LogP contribution in [0.4, 0.5) is 0 Å². The highest BCUT2D eigenvalue weighted by Gasteiger charge is 2.10. The van der Waals surface area contributed by atoms with Crippen LogP contribution in [0.3, 0.4) is 0 Å². The van der Waals surface area contributed by atoms with Gasteiger partial charge in [0.05, 0.1) is 4.90 Å².